The van der Waals surface area contributed by atoms with Crippen LogP contribution in [0.3, 0.4) is 0 Å². The van der Waals surface area contributed by atoms with Crippen molar-refractivity contribution in [3.05, 3.63) is 35.4 Å². The second-order valence-corrected chi connectivity index (χ2v) is 12.5. The van der Waals surface area contributed by atoms with Crippen molar-refractivity contribution in [1.82, 2.24) is 14.1 Å². The van der Waals surface area contributed by atoms with Gasteiger partial charge in [0.15, 0.2) is 0 Å². The van der Waals surface area contributed by atoms with Gasteiger partial charge in [-0.2, -0.15) is 0 Å². The Morgan fingerprint density at radius 1 is 1.03 bits per heavy atom. The Labute approximate surface area is 207 Å². The van der Waals surface area contributed by atoms with Gasteiger partial charge in [0.1, 0.15) is 11.6 Å². The van der Waals surface area contributed by atoms with E-state index < -0.39 is 27.8 Å². The summed E-state index contributed by atoms with van der Waals surface area (Å²) in [5.74, 6) is -0.587. The Morgan fingerprint density at radius 2 is 1.63 bits per heavy atom. The van der Waals surface area contributed by atoms with Crippen molar-refractivity contribution in [2.45, 2.75) is 56.9 Å². The van der Waals surface area contributed by atoms with Crippen LogP contribution in [0.4, 0.5) is 13.6 Å². The Kier molecular flexibility index (Phi) is 8.33. The number of nitrogens with zero attached hydrogens (tertiary/aromatic N) is 3. The van der Waals surface area contributed by atoms with Crippen molar-refractivity contribution in [3.8, 4) is 0 Å². The molecule has 1 aromatic carbocycles. The largest absolute Gasteiger partial charge is 0.465 e. The first kappa shape index (κ1) is 26.3. The minimum atomic E-state index is -3.25. The summed E-state index contributed by atoms with van der Waals surface area (Å²) in [4.78, 5) is 15.7. The normalized spacial score (nSPS) is 22.3. The summed E-state index contributed by atoms with van der Waals surface area (Å²) in [6.07, 6.45) is 6.26. The minimum absolute atomic E-state index is 0.0535. The molecule has 0 radical (unpaired) electrons. The number of carbonyl (C=O) groups is 1. The molecule has 0 bridgehead atoms. The molecule has 1 amide bonds. The van der Waals surface area contributed by atoms with Gasteiger partial charge >= 0.3 is 6.09 Å². The van der Waals surface area contributed by atoms with Crippen molar-refractivity contribution in [2.24, 2.45) is 11.8 Å². The van der Waals surface area contributed by atoms with Gasteiger partial charge in [0.25, 0.3) is 0 Å². The van der Waals surface area contributed by atoms with Gasteiger partial charge in [0.2, 0.25) is 10.0 Å². The van der Waals surface area contributed by atoms with Gasteiger partial charge in [-0.15, -0.1) is 0 Å². The summed E-state index contributed by atoms with van der Waals surface area (Å²) < 4.78 is 53.4. The Hall–Kier alpha value is -1.78. The Balaban J connectivity index is 1.37. The van der Waals surface area contributed by atoms with Gasteiger partial charge in [-0.05, 0) is 86.9 Å². The van der Waals surface area contributed by atoms with Crippen molar-refractivity contribution in [2.75, 3.05) is 45.5 Å². The van der Waals surface area contributed by atoms with Crippen LogP contribution in [0.25, 0.3) is 0 Å². The van der Waals surface area contributed by atoms with Crippen LogP contribution in [0.2, 0.25) is 0 Å². The second-order valence-electron chi connectivity index (χ2n) is 10.5. The SMILES string of the molecule is CS(=O)(=O)N1CCC([C@@H](CCN2CCC(N(CC3CC3)C(=O)O)CC2)c2cc(F)cc(F)c2)CC1. The quantitative estimate of drug-likeness (QED) is 0.541. The molecule has 0 spiro atoms. The number of carboxylic acid groups (broad SMARTS) is 1. The van der Waals surface area contributed by atoms with Gasteiger partial charge < -0.3 is 14.9 Å². The lowest BCUT2D eigenvalue weighted by Gasteiger charge is -2.39. The molecule has 10 heteroatoms. The molecule has 1 atom stereocenters. The van der Waals surface area contributed by atoms with Crippen LogP contribution in [0, 0.1) is 23.5 Å². The topological polar surface area (TPSA) is 81.2 Å². The molecule has 0 unspecified atom stereocenters. The number of benzene rings is 1. The van der Waals surface area contributed by atoms with Crippen LogP contribution in [-0.4, -0.2) is 85.3 Å². The Morgan fingerprint density at radius 3 is 2.14 bits per heavy atom. The highest BCUT2D eigenvalue weighted by Crippen LogP contribution is 2.37. The highest BCUT2D eigenvalue weighted by atomic mass is 32.2. The second kappa shape index (κ2) is 11.1. The van der Waals surface area contributed by atoms with Crippen LogP contribution in [0.1, 0.15) is 56.4 Å². The maximum Gasteiger partial charge on any atom is 0.407 e. The number of piperidine rings is 2. The molecular formula is C25H37F2N3O4S. The molecule has 2 saturated heterocycles. The van der Waals surface area contributed by atoms with E-state index in [1.54, 1.807) is 4.90 Å². The van der Waals surface area contributed by atoms with E-state index in [9.17, 15) is 27.1 Å². The molecule has 3 aliphatic rings. The van der Waals surface area contributed by atoms with E-state index >= 15 is 0 Å². The number of likely N-dealkylation sites (tertiary alicyclic amines) is 1. The van der Waals surface area contributed by atoms with E-state index in [0.29, 0.717) is 44.0 Å². The third-order valence-electron chi connectivity index (χ3n) is 8.00. The smallest absolute Gasteiger partial charge is 0.407 e. The fourth-order valence-electron chi connectivity index (χ4n) is 5.81. The molecule has 2 heterocycles. The van der Waals surface area contributed by atoms with Gasteiger partial charge in [0, 0.05) is 44.8 Å². The number of rotatable bonds is 9. The van der Waals surface area contributed by atoms with E-state index in [1.807, 2.05) is 0 Å². The van der Waals surface area contributed by atoms with Gasteiger partial charge in [-0.25, -0.2) is 26.3 Å². The monoisotopic (exact) mass is 513 g/mol. The number of halogens is 2. The molecular weight excluding hydrogens is 476 g/mol. The third kappa shape index (κ3) is 7.13. The average Bonchev–Trinajstić information content (AvgIpc) is 3.61. The zero-order valence-corrected chi connectivity index (χ0v) is 21.2. The molecule has 1 aromatic rings. The van der Waals surface area contributed by atoms with Crippen molar-refractivity contribution in [3.63, 3.8) is 0 Å². The lowest BCUT2D eigenvalue weighted by molar-refractivity contribution is 0.0859. The first-order valence-electron chi connectivity index (χ1n) is 12.7. The lowest BCUT2D eigenvalue weighted by atomic mass is 9.78. The summed E-state index contributed by atoms with van der Waals surface area (Å²) in [7, 11) is -3.25. The molecule has 1 saturated carbocycles. The van der Waals surface area contributed by atoms with Crippen LogP contribution < -0.4 is 0 Å². The van der Waals surface area contributed by atoms with Gasteiger partial charge in [-0.3, -0.25) is 0 Å². The summed E-state index contributed by atoms with van der Waals surface area (Å²) >= 11 is 0. The molecule has 3 fully saturated rings. The third-order valence-corrected chi connectivity index (χ3v) is 9.30. The standard InChI is InChI=1S/C25H37F2N3O4S/c1-35(33,34)29-12-4-19(5-13-29)24(20-14-21(26)16-22(27)15-20)8-11-28-9-6-23(7-10-28)30(25(31)32)17-18-2-3-18/h14-16,18-19,23-24H,2-13,17H2,1H3,(H,31,32)/t24-/m1/s1. The van der Waals surface area contributed by atoms with Crippen molar-refractivity contribution in [1.29, 1.82) is 0 Å². The van der Waals surface area contributed by atoms with Crippen LogP contribution in [-0.2, 0) is 10.0 Å². The first-order valence-corrected chi connectivity index (χ1v) is 14.6. The van der Waals surface area contributed by atoms with Crippen LogP contribution in [0.15, 0.2) is 18.2 Å². The molecule has 7 nitrogen and oxygen atoms in total. The number of amides is 1. The minimum Gasteiger partial charge on any atom is -0.465 e. The molecule has 196 valence electrons. The average molecular weight is 514 g/mol. The maximum atomic E-state index is 14.1. The highest BCUT2D eigenvalue weighted by molar-refractivity contribution is 7.88. The van der Waals surface area contributed by atoms with E-state index in [2.05, 4.69) is 4.90 Å². The van der Waals surface area contributed by atoms with E-state index in [1.165, 1.54) is 22.7 Å². The number of hydrogen-bond acceptors (Lipinski definition) is 4. The van der Waals surface area contributed by atoms with Crippen LogP contribution >= 0.6 is 0 Å². The van der Waals surface area contributed by atoms with Gasteiger partial charge in [-0.1, -0.05) is 0 Å². The van der Waals surface area contributed by atoms with Crippen LogP contribution in [0.5, 0.6) is 0 Å². The zero-order valence-electron chi connectivity index (χ0n) is 20.4. The first-order chi connectivity index (χ1) is 16.6. The summed E-state index contributed by atoms with van der Waals surface area (Å²) in [6.45, 7) is 3.85. The summed E-state index contributed by atoms with van der Waals surface area (Å²) in [5.41, 5.74) is 0.636. The number of hydrogen-bond donors (Lipinski definition) is 1. The molecule has 35 heavy (non-hydrogen) atoms. The van der Waals surface area contributed by atoms with E-state index in [-0.39, 0.29) is 17.9 Å². The molecule has 4 rings (SSSR count). The van der Waals surface area contributed by atoms with E-state index in [0.717, 1.165) is 57.8 Å². The molecule has 1 aliphatic carbocycles. The lowest BCUT2D eigenvalue weighted by Crippen LogP contribution is -2.48. The Bertz CT molecular complexity index is 968. The van der Waals surface area contributed by atoms with Crippen molar-refractivity contribution < 1.29 is 27.1 Å². The van der Waals surface area contributed by atoms with Crippen molar-refractivity contribution >= 4 is 16.1 Å². The molecule has 0 aromatic heterocycles. The fraction of sp³-hybridized carbons (Fsp3) is 0.720. The molecule has 1 N–H and O–H groups in total. The molecule has 2 aliphatic heterocycles. The summed E-state index contributed by atoms with van der Waals surface area (Å²) in [5, 5.41) is 9.64. The summed E-state index contributed by atoms with van der Waals surface area (Å²) in [6, 6.07) is 3.75. The highest BCUT2D eigenvalue weighted by Gasteiger charge is 2.34. The predicted molar refractivity (Wildman–Crippen MR) is 130 cm³/mol. The predicted octanol–water partition coefficient (Wildman–Crippen LogP) is 3.96. The van der Waals surface area contributed by atoms with Gasteiger partial charge in [0.05, 0.1) is 6.26 Å². The zero-order chi connectivity index (χ0) is 25.2. The fourth-order valence-corrected chi connectivity index (χ4v) is 6.69. The van der Waals surface area contributed by atoms with E-state index in [4.69, 9.17) is 0 Å². The maximum absolute atomic E-state index is 14.1. The number of sulfonamides is 1.